The number of hydrogen-bond acceptors (Lipinski definition) is 2. The zero-order valence-corrected chi connectivity index (χ0v) is 15.5. The number of primary amides is 1. The maximum Gasteiger partial charge on any atom is 0.232 e. The molecule has 1 aliphatic carbocycles. The van der Waals surface area contributed by atoms with Crippen LogP contribution in [-0.4, -0.2) is 19.0 Å². The molecular formula is C23H30N2O. The van der Waals surface area contributed by atoms with E-state index in [2.05, 4.69) is 5.32 Å². The van der Waals surface area contributed by atoms with E-state index in [0.717, 1.165) is 30.1 Å². The van der Waals surface area contributed by atoms with Gasteiger partial charge in [-0.2, -0.15) is 0 Å². The van der Waals surface area contributed by atoms with E-state index in [1.807, 2.05) is 60.7 Å². The number of benzene rings is 2. The highest BCUT2D eigenvalue weighted by Gasteiger charge is 2.39. The molecule has 1 fully saturated rings. The smallest absolute Gasteiger partial charge is 0.232 e. The van der Waals surface area contributed by atoms with Crippen LogP contribution in [0.3, 0.4) is 0 Å². The molecule has 138 valence electrons. The van der Waals surface area contributed by atoms with E-state index < -0.39 is 5.41 Å². The Morgan fingerprint density at radius 3 is 1.96 bits per heavy atom. The van der Waals surface area contributed by atoms with Crippen molar-refractivity contribution in [1.82, 2.24) is 5.32 Å². The molecule has 0 aliphatic heterocycles. The van der Waals surface area contributed by atoms with Crippen molar-refractivity contribution in [3.63, 3.8) is 0 Å². The van der Waals surface area contributed by atoms with Crippen LogP contribution in [0.1, 0.15) is 49.7 Å². The molecule has 0 atom stereocenters. The molecule has 2 aromatic rings. The molecule has 0 radical (unpaired) electrons. The molecule has 1 aliphatic rings. The van der Waals surface area contributed by atoms with Gasteiger partial charge in [0.05, 0.1) is 5.41 Å². The van der Waals surface area contributed by atoms with Crippen LogP contribution in [0.25, 0.3) is 0 Å². The fourth-order valence-corrected chi connectivity index (χ4v) is 4.28. The number of amides is 1. The van der Waals surface area contributed by atoms with Crippen molar-refractivity contribution in [3.05, 3.63) is 71.8 Å². The Labute approximate surface area is 157 Å². The summed E-state index contributed by atoms with van der Waals surface area (Å²) in [5.41, 5.74) is 7.15. The Morgan fingerprint density at radius 1 is 0.923 bits per heavy atom. The van der Waals surface area contributed by atoms with Gasteiger partial charge in [0, 0.05) is 0 Å². The van der Waals surface area contributed by atoms with Crippen molar-refractivity contribution < 1.29 is 4.79 Å². The van der Waals surface area contributed by atoms with Crippen LogP contribution in [0.5, 0.6) is 0 Å². The maximum absolute atomic E-state index is 12.7. The van der Waals surface area contributed by atoms with Gasteiger partial charge in [-0.05, 0) is 49.4 Å². The molecule has 0 spiro atoms. The molecule has 26 heavy (non-hydrogen) atoms. The highest BCUT2D eigenvalue weighted by molar-refractivity contribution is 5.90. The lowest BCUT2D eigenvalue weighted by Gasteiger charge is -2.32. The molecule has 3 N–H and O–H groups in total. The van der Waals surface area contributed by atoms with Crippen molar-refractivity contribution in [2.75, 3.05) is 13.1 Å². The molecule has 0 saturated heterocycles. The monoisotopic (exact) mass is 350 g/mol. The van der Waals surface area contributed by atoms with Gasteiger partial charge in [-0.3, -0.25) is 4.79 Å². The van der Waals surface area contributed by atoms with E-state index in [1.165, 1.54) is 32.1 Å². The number of carbonyl (C=O) groups is 1. The first kappa shape index (κ1) is 18.7. The Hall–Kier alpha value is -2.13. The lowest BCUT2D eigenvalue weighted by Crippen LogP contribution is -2.44. The predicted octanol–water partition coefficient (Wildman–Crippen LogP) is 4.02. The second-order valence-corrected chi connectivity index (χ2v) is 7.46. The molecule has 0 unspecified atom stereocenters. The number of hydrogen-bond donors (Lipinski definition) is 2. The molecule has 0 bridgehead atoms. The van der Waals surface area contributed by atoms with E-state index in [9.17, 15) is 4.79 Å². The van der Waals surface area contributed by atoms with Crippen LogP contribution in [0, 0.1) is 5.92 Å². The number of nitrogens with two attached hydrogens (primary N) is 1. The first-order chi connectivity index (χ1) is 12.7. The summed E-state index contributed by atoms with van der Waals surface area (Å²) in [6.45, 7) is 1.82. The van der Waals surface area contributed by atoms with Gasteiger partial charge >= 0.3 is 0 Å². The highest BCUT2D eigenvalue weighted by Crippen LogP contribution is 2.35. The van der Waals surface area contributed by atoms with E-state index in [4.69, 9.17) is 5.73 Å². The van der Waals surface area contributed by atoms with Crippen LogP contribution < -0.4 is 11.1 Å². The Bertz CT molecular complexity index is 638. The minimum Gasteiger partial charge on any atom is -0.369 e. The maximum atomic E-state index is 12.7. The fraction of sp³-hybridized carbons (Fsp3) is 0.435. The molecule has 2 aromatic carbocycles. The summed E-state index contributed by atoms with van der Waals surface area (Å²) in [5.74, 6) is 0.495. The fourth-order valence-electron chi connectivity index (χ4n) is 4.28. The predicted molar refractivity (Wildman–Crippen MR) is 107 cm³/mol. The van der Waals surface area contributed by atoms with Crippen LogP contribution in [0.2, 0.25) is 0 Å². The zero-order valence-electron chi connectivity index (χ0n) is 15.5. The average molecular weight is 351 g/mol. The van der Waals surface area contributed by atoms with Gasteiger partial charge < -0.3 is 11.1 Å². The summed E-state index contributed by atoms with van der Waals surface area (Å²) >= 11 is 0. The summed E-state index contributed by atoms with van der Waals surface area (Å²) in [7, 11) is 0. The molecule has 0 aromatic heterocycles. The summed E-state index contributed by atoms with van der Waals surface area (Å²) in [6, 6.07) is 19.9. The van der Waals surface area contributed by atoms with Crippen LogP contribution in [0.4, 0.5) is 0 Å². The van der Waals surface area contributed by atoms with Crippen molar-refractivity contribution in [2.24, 2.45) is 11.7 Å². The molecule has 3 nitrogen and oxygen atoms in total. The third-order valence-corrected chi connectivity index (χ3v) is 5.79. The third kappa shape index (κ3) is 4.16. The average Bonchev–Trinajstić information content (AvgIpc) is 2.70. The number of nitrogens with one attached hydrogen (secondary N) is 1. The molecular weight excluding hydrogens is 320 g/mol. The van der Waals surface area contributed by atoms with E-state index in [0.29, 0.717) is 6.42 Å². The quantitative estimate of drug-likeness (QED) is 0.707. The Morgan fingerprint density at radius 2 is 1.46 bits per heavy atom. The second kappa shape index (κ2) is 9.00. The van der Waals surface area contributed by atoms with Gasteiger partial charge in [-0.25, -0.2) is 0 Å². The SMILES string of the molecule is NC(=O)C(CCNCC1CCCCC1)(c1ccccc1)c1ccccc1. The van der Waals surface area contributed by atoms with E-state index in [1.54, 1.807) is 0 Å². The van der Waals surface area contributed by atoms with Gasteiger partial charge in [-0.15, -0.1) is 0 Å². The van der Waals surface area contributed by atoms with Gasteiger partial charge in [0.15, 0.2) is 0 Å². The molecule has 1 amide bonds. The van der Waals surface area contributed by atoms with Crippen molar-refractivity contribution in [3.8, 4) is 0 Å². The molecule has 3 heteroatoms. The van der Waals surface area contributed by atoms with Crippen molar-refractivity contribution >= 4 is 5.91 Å². The standard InChI is InChI=1S/C23H30N2O/c24-22(26)23(20-12-6-2-7-13-20,21-14-8-3-9-15-21)16-17-25-18-19-10-4-1-5-11-19/h2-3,6-9,12-15,19,25H,1,4-5,10-11,16-18H2,(H2,24,26). The van der Waals surface area contributed by atoms with Crippen molar-refractivity contribution in [2.45, 2.75) is 43.9 Å². The Kier molecular flexibility index (Phi) is 6.45. The summed E-state index contributed by atoms with van der Waals surface area (Å²) in [6.07, 6.45) is 7.40. The van der Waals surface area contributed by atoms with Crippen LogP contribution in [-0.2, 0) is 10.2 Å². The minimum atomic E-state index is -0.790. The topological polar surface area (TPSA) is 55.1 Å². The summed E-state index contributed by atoms with van der Waals surface area (Å²) in [5, 5.41) is 3.60. The summed E-state index contributed by atoms with van der Waals surface area (Å²) < 4.78 is 0. The van der Waals surface area contributed by atoms with E-state index in [-0.39, 0.29) is 5.91 Å². The zero-order chi connectivity index (χ0) is 18.2. The highest BCUT2D eigenvalue weighted by atomic mass is 16.1. The third-order valence-electron chi connectivity index (χ3n) is 5.79. The lowest BCUT2D eigenvalue weighted by molar-refractivity contribution is -0.122. The van der Waals surface area contributed by atoms with Crippen molar-refractivity contribution in [1.29, 1.82) is 0 Å². The van der Waals surface area contributed by atoms with E-state index >= 15 is 0 Å². The van der Waals surface area contributed by atoms with Gasteiger partial charge in [0.25, 0.3) is 0 Å². The minimum absolute atomic E-state index is 0.283. The molecule has 0 heterocycles. The van der Waals surface area contributed by atoms with Gasteiger partial charge in [0.2, 0.25) is 5.91 Å². The summed E-state index contributed by atoms with van der Waals surface area (Å²) in [4.78, 5) is 12.7. The Balaban J connectivity index is 1.77. The first-order valence-electron chi connectivity index (χ1n) is 9.85. The molecule has 1 saturated carbocycles. The second-order valence-electron chi connectivity index (χ2n) is 7.46. The number of rotatable bonds is 8. The van der Waals surface area contributed by atoms with Gasteiger partial charge in [0.1, 0.15) is 0 Å². The first-order valence-corrected chi connectivity index (χ1v) is 9.85. The molecule has 3 rings (SSSR count). The van der Waals surface area contributed by atoms with Crippen LogP contribution >= 0.6 is 0 Å². The lowest BCUT2D eigenvalue weighted by atomic mass is 9.71. The van der Waals surface area contributed by atoms with Gasteiger partial charge in [-0.1, -0.05) is 79.9 Å². The van der Waals surface area contributed by atoms with Crippen LogP contribution in [0.15, 0.2) is 60.7 Å². The normalized spacial score (nSPS) is 15.7. The largest absolute Gasteiger partial charge is 0.369 e. The number of carbonyl (C=O) groups excluding carboxylic acids is 1.